The summed E-state index contributed by atoms with van der Waals surface area (Å²) in [5, 5.41) is 9.01. The normalized spacial score (nSPS) is 18.5. The summed E-state index contributed by atoms with van der Waals surface area (Å²) < 4.78 is 5.12. The molecular formula is C17H21NO4. The highest BCUT2D eigenvalue weighted by Gasteiger charge is 2.34. The van der Waals surface area contributed by atoms with E-state index in [1.165, 1.54) is 0 Å². The summed E-state index contributed by atoms with van der Waals surface area (Å²) >= 11 is 0. The van der Waals surface area contributed by atoms with Crippen molar-refractivity contribution in [3.63, 3.8) is 0 Å². The Labute approximate surface area is 130 Å². The number of carboxylic acid groups (broad SMARTS) is 1. The molecule has 0 aliphatic carbocycles. The van der Waals surface area contributed by atoms with E-state index in [2.05, 4.69) is 13.8 Å². The smallest absolute Gasteiger partial charge is 0.323 e. The van der Waals surface area contributed by atoms with Crippen molar-refractivity contribution in [3.05, 3.63) is 41.6 Å². The molecule has 1 aliphatic heterocycles. The molecule has 0 radical (unpaired) electrons. The quantitative estimate of drug-likeness (QED) is 0.669. The predicted molar refractivity (Wildman–Crippen MR) is 83.0 cm³/mol. The van der Waals surface area contributed by atoms with Crippen molar-refractivity contribution in [1.82, 2.24) is 4.90 Å². The van der Waals surface area contributed by atoms with Crippen molar-refractivity contribution in [2.45, 2.75) is 20.3 Å². The third kappa shape index (κ3) is 3.87. The van der Waals surface area contributed by atoms with Crippen LogP contribution in [0.25, 0.3) is 0 Å². The second kappa shape index (κ2) is 6.22. The van der Waals surface area contributed by atoms with E-state index in [1.54, 1.807) is 42.4 Å². The number of nitrogens with zero attached hydrogens (tertiary/aromatic N) is 1. The minimum Gasteiger partial charge on any atom is -0.497 e. The third-order valence-electron chi connectivity index (χ3n) is 3.66. The van der Waals surface area contributed by atoms with E-state index < -0.39 is 5.97 Å². The third-order valence-corrected chi connectivity index (χ3v) is 3.66. The number of rotatable bonds is 5. The van der Waals surface area contributed by atoms with Gasteiger partial charge in [-0.15, -0.1) is 0 Å². The molecule has 0 saturated carbocycles. The van der Waals surface area contributed by atoms with E-state index in [0.29, 0.717) is 24.3 Å². The van der Waals surface area contributed by atoms with Crippen LogP contribution in [-0.2, 0) is 4.79 Å². The van der Waals surface area contributed by atoms with Gasteiger partial charge in [-0.1, -0.05) is 26.0 Å². The van der Waals surface area contributed by atoms with E-state index in [1.807, 2.05) is 0 Å². The molecule has 1 N–H and O–H groups in total. The topological polar surface area (TPSA) is 66.8 Å². The molecule has 1 saturated heterocycles. The number of hydrogen-bond donors (Lipinski definition) is 1. The van der Waals surface area contributed by atoms with Gasteiger partial charge in [0.15, 0.2) is 5.78 Å². The lowest BCUT2D eigenvalue weighted by molar-refractivity contribution is -0.137. The summed E-state index contributed by atoms with van der Waals surface area (Å²) in [4.78, 5) is 25.2. The zero-order valence-corrected chi connectivity index (χ0v) is 13.1. The SMILES string of the molecule is COc1cccc(C(=O)/C=C2/CC(C)(C)CN2CC(=O)O)c1. The molecule has 1 aliphatic rings. The summed E-state index contributed by atoms with van der Waals surface area (Å²) in [6.45, 7) is 4.69. The van der Waals surface area contributed by atoms with Gasteiger partial charge in [-0.2, -0.15) is 0 Å². The summed E-state index contributed by atoms with van der Waals surface area (Å²) in [5.41, 5.74) is 1.28. The van der Waals surface area contributed by atoms with E-state index in [0.717, 1.165) is 5.70 Å². The first-order chi connectivity index (χ1) is 10.3. The molecule has 0 aromatic heterocycles. The first-order valence-electron chi connectivity index (χ1n) is 7.16. The van der Waals surface area contributed by atoms with Gasteiger partial charge in [0, 0.05) is 23.9 Å². The predicted octanol–water partition coefficient (Wildman–Crippen LogP) is 2.58. The number of likely N-dealkylation sites (tertiary alicyclic amines) is 1. The van der Waals surface area contributed by atoms with Crippen LogP contribution < -0.4 is 4.74 Å². The van der Waals surface area contributed by atoms with E-state index in [4.69, 9.17) is 9.84 Å². The number of aliphatic carboxylic acids is 1. The highest BCUT2D eigenvalue weighted by atomic mass is 16.5. The van der Waals surface area contributed by atoms with Crippen molar-refractivity contribution in [2.75, 3.05) is 20.2 Å². The van der Waals surface area contributed by atoms with Gasteiger partial charge in [-0.05, 0) is 24.0 Å². The van der Waals surface area contributed by atoms with Gasteiger partial charge in [0.2, 0.25) is 0 Å². The Kier molecular flexibility index (Phi) is 4.54. The average molecular weight is 303 g/mol. The van der Waals surface area contributed by atoms with Crippen molar-refractivity contribution >= 4 is 11.8 Å². The monoisotopic (exact) mass is 303 g/mol. The lowest BCUT2D eigenvalue weighted by Gasteiger charge is -2.19. The summed E-state index contributed by atoms with van der Waals surface area (Å²) in [7, 11) is 1.55. The molecule has 118 valence electrons. The van der Waals surface area contributed by atoms with E-state index in [-0.39, 0.29) is 17.7 Å². The van der Waals surface area contributed by atoms with Gasteiger partial charge in [0.05, 0.1) is 7.11 Å². The van der Waals surface area contributed by atoms with Crippen molar-refractivity contribution < 1.29 is 19.4 Å². The largest absolute Gasteiger partial charge is 0.497 e. The zero-order valence-electron chi connectivity index (χ0n) is 13.1. The van der Waals surface area contributed by atoms with Gasteiger partial charge in [0.25, 0.3) is 0 Å². The van der Waals surface area contributed by atoms with Crippen LogP contribution in [0.1, 0.15) is 30.6 Å². The number of ether oxygens (including phenoxy) is 1. The number of hydrogen-bond acceptors (Lipinski definition) is 4. The molecule has 22 heavy (non-hydrogen) atoms. The second-order valence-electron chi connectivity index (χ2n) is 6.32. The average Bonchev–Trinajstić information content (AvgIpc) is 2.72. The van der Waals surface area contributed by atoms with E-state index >= 15 is 0 Å². The summed E-state index contributed by atoms with van der Waals surface area (Å²) in [6, 6.07) is 6.95. The van der Waals surface area contributed by atoms with Gasteiger partial charge < -0.3 is 14.7 Å². The fourth-order valence-electron chi connectivity index (χ4n) is 2.75. The van der Waals surface area contributed by atoms with Gasteiger partial charge in [-0.25, -0.2) is 0 Å². The molecule has 5 nitrogen and oxygen atoms in total. The molecule has 0 spiro atoms. The van der Waals surface area contributed by atoms with Gasteiger partial charge in [-0.3, -0.25) is 9.59 Å². The van der Waals surface area contributed by atoms with Crippen molar-refractivity contribution in [2.24, 2.45) is 5.41 Å². The van der Waals surface area contributed by atoms with Crippen LogP contribution in [0.2, 0.25) is 0 Å². The van der Waals surface area contributed by atoms with Crippen LogP contribution in [0.4, 0.5) is 0 Å². The number of ketones is 1. The molecule has 2 rings (SSSR count). The molecule has 0 atom stereocenters. The number of methoxy groups -OCH3 is 1. The molecule has 0 bridgehead atoms. The van der Waals surface area contributed by atoms with Crippen LogP contribution in [-0.4, -0.2) is 42.0 Å². The van der Waals surface area contributed by atoms with Crippen LogP contribution in [0, 0.1) is 5.41 Å². The van der Waals surface area contributed by atoms with Crippen LogP contribution in [0.5, 0.6) is 5.75 Å². The Balaban J connectivity index is 2.24. The Hall–Kier alpha value is -2.30. The maximum absolute atomic E-state index is 12.4. The standard InChI is InChI=1S/C17H21NO4/c1-17(2)9-13(18(11-17)10-16(20)21)8-15(19)12-5-4-6-14(7-12)22-3/h4-8H,9-11H2,1-3H3,(H,20,21)/b13-8-. The first kappa shape index (κ1) is 16.1. The Morgan fingerprint density at radius 1 is 1.41 bits per heavy atom. The van der Waals surface area contributed by atoms with Crippen molar-refractivity contribution in [1.29, 1.82) is 0 Å². The minimum atomic E-state index is -0.891. The molecule has 1 aromatic carbocycles. The Morgan fingerprint density at radius 3 is 2.77 bits per heavy atom. The molecule has 0 amide bonds. The highest BCUT2D eigenvalue weighted by molar-refractivity contribution is 6.05. The number of carboxylic acids is 1. The molecule has 5 heteroatoms. The first-order valence-corrected chi connectivity index (χ1v) is 7.16. The fraction of sp³-hybridized carbons (Fsp3) is 0.412. The minimum absolute atomic E-state index is 0.0318. The number of carbonyl (C=O) groups is 2. The summed E-state index contributed by atoms with van der Waals surface area (Å²) in [5.74, 6) is -0.405. The van der Waals surface area contributed by atoms with Crippen LogP contribution in [0.3, 0.4) is 0 Å². The molecule has 0 unspecified atom stereocenters. The highest BCUT2D eigenvalue weighted by Crippen LogP contribution is 2.36. The second-order valence-corrected chi connectivity index (χ2v) is 6.32. The van der Waals surface area contributed by atoms with Crippen molar-refractivity contribution in [3.8, 4) is 5.75 Å². The lowest BCUT2D eigenvalue weighted by Crippen LogP contribution is -2.28. The number of allylic oxidation sites excluding steroid dienone is 2. The number of carbonyl (C=O) groups excluding carboxylic acids is 1. The summed E-state index contributed by atoms with van der Waals surface area (Å²) in [6.07, 6.45) is 2.24. The maximum Gasteiger partial charge on any atom is 0.323 e. The van der Waals surface area contributed by atoms with Gasteiger partial charge >= 0.3 is 5.97 Å². The Bertz CT molecular complexity index is 619. The van der Waals surface area contributed by atoms with Crippen LogP contribution >= 0.6 is 0 Å². The molecule has 1 aromatic rings. The number of benzene rings is 1. The molecular weight excluding hydrogens is 282 g/mol. The maximum atomic E-state index is 12.4. The Morgan fingerprint density at radius 2 is 2.14 bits per heavy atom. The van der Waals surface area contributed by atoms with E-state index in [9.17, 15) is 9.59 Å². The van der Waals surface area contributed by atoms with Crippen LogP contribution in [0.15, 0.2) is 36.0 Å². The fourth-order valence-corrected chi connectivity index (χ4v) is 2.75. The van der Waals surface area contributed by atoms with Gasteiger partial charge in [0.1, 0.15) is 12.3 Å². The zero-order chi connectivity index (χ0) is 16.3. The molecule has 1 heterocycles. The lowest BCUT2D eigenvalue weighted by atomic mass is 9.92. The molecule has 1 fully saturated rings.